The Kier molecular flexibility index (Phi) is 2.11. The maximum Gasteiger partial charge on any atom is 0.284 e. The van der Waals surface area contributed by atoms with Crippen molar-refractivity contribution < 1.29 is 4.92 Å². The van der Waals surface area contributed by atoms with Gasteiger partial charge in [-0.3, -0.25) is 10.1 Å². The molecule has 0 atom stereocenters. The summed E-state index contributed by atoms with van der Waals surface area (Å²) in [4.78, 5) is 9.92. The number of benzene rings is 1. The number of terminal acetylenes is 1. The normalized spacial score (nSPS) is 9.00. The molecule has 0 aliphatic carbocycles. The van der Waals surface area contributed by atoms with E-state index in [0.29, 0.717) is 5.56 Å². The lowest BCUT2D eigenvalue weighted by atomic mass is 10.1. The number of rotatable bonds is 1. The first-order chi connectivity index (χ1) is 5.65. The Morgan fingerprint density at radius 1 is 1.58 bits per heavy atom. The molecule has 0 saturated carbocycles. The molecule has 0 spiro atoms. The summed E-state index contributed by atoms with van der Waals surface area (Å²) in [5.74, 6) is 2.28. The van der Waals surface area contributed by atoms with Crippen LogP contribution in [0.25, 0.3) is 0 Å². The van der Waals surface area contributed by atoms with E-state index in [1.165, 1.54) is 6.07 Å². The maximum absolute atomic E-state index is 10.4. The van der Waals surface area contributed by atoms with Gasteiger partial charge in [-0.15, -0.1) is 6.42 Å². The van der Waals surface area contributed by atoms with E-state index in [1.54, 1.807) is 12.1 Å². The fourth-order valence-corrected chi connectivity index (χ4v) is 0.925. The average molecular weight is 161 g/mol. The largest absolute Gasteiger partial charge is 0.284 e. The summed E-state index contributed by atoms with van der Waals surface area (Å²) in [6, 6.07) is 4.71. The molecule has 0 aromatic heterocycles. The first-order valence-electron chi connectivity index (χ1n) is 3.37. The molecule has 3 nitrogen and oxygen atoms in total. The Bertz CT molecular complexity index is 363. The van der Waals surface area contributed by atoms with Crippen molar-refractivity contribution in [2.75, 3.05) is 0 Å². The Labute approximate surface area is 70.2 Å². The second-order valence-corrected chi connectivity index (χ2v) is 2.42. The van der Waals surface area contributed by atoms with E-state index in [-0.39, 0.29) is 5.69 Å². The quantitative estimate of drug-likeness (QED) is 0.358. The maximum atomic E-state index is 10.4. The molecule has 1 aromatic carbocycles. The van der Waals surface area contributed by atoms with Crippen LogP contribution in [0.15, 0.2) is 18.2 Å². The van der Waals surface area contributed by atoms with E-state index in [4.69, 9.17) is 6.42 Å². The van der Waals surface area contributed by atoms with Gasteiger partial charge in [0, 0.05) is 6.07 Å². The minimum Gasteiger partial charge on any atom is -0.258 e. The second-order valence-electron chi connectivity index (χ2n) is 2.42. The highest BCUT2D eigenvalue weighted by molar-refractivity contribution is 5.51. The van der Waals surface area contributed by atoms with Crippen LogP contribution in [0.4, 0.5) is 5.69 Å². The van der Waals surface area contributed by atoms with Crippen molar-refractivity contribution in [3.05, 3.63) is 39.4 Å². The number of nitro groups is 1. The van der Waals surface area contributed by atoms with Crippen LogP contribution in [-0.2, 0) is 0 Å². The zero-order valence-corrected chi connectivity index (χ0v) is 6.57. The molecular formula is C9H7NO2. The van der Waals surface area contributed by atoms with E-state index >= 15 is 0 Å². The van der Waals surface area contributed by atoms with Crippen molar-refractivity contribution in [1.29, 1.82) is 0 Å². The summed E-state index contributed by atoms with van der Waals surface area (Å²) < 4.78 is 0. The number of hydrogen-bond donors (Lipinski definition) is 0. The summed E-state index contributed by atoms with van der Waals surface area (Å²) in [6.45, 7) is 1.84. The first kappa shape index (κ1) is 8.28. The van der Waals surface area contributed by atoms with Gasteiger partial charge >= 0.3 is 0 Å². The number of hydrogen-bond acceptors (Lipinski definition) is 2. The number of nitro benzene ring substituents is 1. The second kappa shape index (κ2) is 3.05. The highest BCUT2D eigenvalue weighted by atomic mass is 16.6. The van der Waals surface area contributed by atoms with Crippen LogP contribution >= 0.6 is 0 Å². The van der Waals surface area contributed by atoms with Crippen molar-refractivity contribution in [1.82, 2.24) is 0 Å². The van der Waals surface area contributed by atoms with Crippen molar-refractivity contribution in [2.45, 2.75) is 6.92 Å². The summed E-state index contributed by atoms with van der Waals surface area (Å²) >= 11 is 0. The highest BCUT2D eigenvalue weighted by Gasteiger charge is 2.10. The SMILES string of the molecule is C#Cc1cc(C)ccc1[N+](=O)[O-]. The van der Waals surface area contributed by atoms with Gasteiger partial charge in [-0.2, -0.15) is 0 Å². The number of aryl methyl sites for hydroxylation is 1. The van der Waals surface area contributed by atoms with Crippen LogP contribution in [0, 0.1) is 29.4 Å². The molecule has 0 N–H and O–H groups in total. The molecule has 3 heteroatoms. The average Bonchev–Trinajstić information content (AvgIpc) is 2.03. The standard InChI is InChI=1S/C9H7NO2/c1-3-8-6-7(2)4-5-9(8)10(11)12/h1,4-6H,2H3. The lowest BCUT2D eigenvalue weighted by Crippen LogP contribution is -1.92. The van der Waals surface area contributed by atoms with E-state index < -0.39 is 4.92 Å². The predicted octanol–water partition coefficient (Wildman–Crippen LogP) is 1.88. The molecule has 1 aromatic rings. The van der Waals surface area contributed by atoms with Gasteiger partial charge in [0.2, 0.25) is 0 Å². The number of nitrogens with zero attached hydrogens (tertiary/aromatic N) is 1. The molecular weight excluding hydrogens is 154 g/mol. The molecule has 0 aliphatic rings. The summed E-state index contributed by atoms with van der Waals surface area (Å²) in [7, 11) is 0. The monoisotopic (exact) mass is 161 g/mol. The van der Waals surface area contributed by atoms with Gasteiger partial charge < -0.3 is 0 Å². The van der Waals surface area contributed by atoms with E-state index in [0.717, 1.165) is 5.56 Å². The van der Waals surface area contributed by atoms with Crippen LogP contribution in [0.2, 0.25) is 0 Å². The fraction of sp³-hybridized carbons (Fsp3) is 0.111. The molecule has 0 heterocycles. The zero-order chi connectivity index (χ0) is 9.14. The minimum atomic E-state index is -0.478. The minimum absolute atomic E-state index is 0.0110. The third-order valence-electron chi connectivity index (χ3n) is 1.50. The van der Waals surface area contributed by atoms with Gasteiger partial charge in [0.05, 0.1) is 4.92 Å². The fourth-order valence-electron chi connectivity index (χ4n) is 0.925. The Morgan fingerprint density at radius 2 is 2.25 bits per heavy atom. The molecule has 0 unspecified atom stereocenters. The molecule has 0 radical (unpaired) electrons. The van der Waals surface area contributed by atoms with E-state index in [9.17, 15) is 10.1 Å². The molecule has 60 valence electrons. The first-order valence-corrected chi connectivity index (χ1v) is 3.37. The van der Waals surface area contributed by atoms with Crippen LogP contribution < -0.4 is 0 Å². The lowest BCUT2D eigenvalue weighted by molar-refractivity contribution is -0.385. The smallest absolute Gasteiger partial charge is 0.258 e. The Balaban J connectivity index is 3.32. The van der Waals surface area contributed by atoms with Gasteiger partial charge in [-0.05, 0) is 18.6 Å². The third-order valence-corrected chi connectivity index (χ3v) is 1.50. The topological polar surface area (TPSA) is 43.1 Å². The summed E-state index contributed by atoms with van der Waals surface area (Å²) in [6.07, 6.45) is 5.10. The summed E-state index contributed by atoms with van der Waals surface area (Å²) in [5, 5.41) is 10.4. The zero-order valence-electron chi connectivity index (χ0n) is 6.57. The van der Waals surface area contributed by atoms with Crippen LogP contribution in [0.5, 0.6) is 0 Å². The molecule has 0 amide bonds. The third kappa shape index (κ3) is 1.43. The molecule has 0 bridgehead atoms. The van der Waals surface area contributed by atoms with Crippen molar-refractivity contribution in [2.24, 2.45) is 0 Å². The lowest BCUT2D eigenvalue weighted by Gasteiger charge is -1.96. The van der Waals surface area contributed by atoms with Crippen LogP contribution in [0.1, 0.15) is 11.1 Å². The highest BCUT2D eigenvalue weighted by Crippen LogP contribution is 2.18. The van der Waals surface area contributed by atoms with Crippen LogP contribution in [-0.4, -0.2) is 4.92 Å². The van der Waals surface area contributed by atoms with Crippen molar-refractivity contribution in [3.8, 4) is 12.3 Å². The van der Waals surface area contributed by atoms with Crippen molar-refractivity contribution in [3.63, 3.8) is 0 Å². The molecule has 1 rings (SSSR count). The van der Waals surface area contributed by atoms with Gasteiger partial charge in [0.15, 0.2) is 0 Å². The van der Waals surface area contributed by atoms with Gasteiger partial charge in [-0.25, -0.2) is 0 Å². The van der Waals surface area contributed by atoms with Crippen molar-refractivity contribution >= 4 is 5.69 Å². The summed E-state index contributed by atoms with van der Waals surface area (Å²) in [5.41, 5.74) is 1.25. The van der Waals surface area contributed by atoms with Gasteiger partial charge in [-0.1, -0.05) is 12.0 Å². The molecule has 0 aliphatic heterocycles. The Hall–Kier alpha value is -1.82. The van der Waals surface area contributed by atoms with E-state index in [1.807, 2.05) is 6.92 Å². The van der Waals surface area contributed by atoms with Gasteiger partial charge in [0.1, 0.15) is 5.56 Å². The van der Waals surface area contributed by atoms with Gasteiger partial charge in [0.25, 0.3) is 5.69 Å². The molecule has 0 saturated heterocycles. The predicted molar refractivity (Wildman–Crippen MR) is 45.8 cm³/mol. The molecule has 0 fully saturated rings. The van der Waals surface area contributed by atoms with Crippen LogP contribution in [0.3, 0.4) is 0 Å². The Morgan fingerprint density at radius 3 is 2.75 bits per heavy atom. The van der Waals surface area contributed by atoms with E-state index in [2.05, 4.69) is 5.92 Å². The molecule has 12 heavy (non-hydrogen) atoms.